The lowest BCUT2D eigenvalue weighted by Crippen LogP contribution is -2.36. The van der Waals surface area contributed by atoms with Crippen LogP contribution < -0.4 is 10.6 Å². The third kappa shape index (κ3) is 3.58. The predicted octanol–water partition coefficient (Wildman–Crippen LogP) is 4.45. The minimum absolute atomic E-state index is 0.0519. The van der Waals surface area contributed by atoms with Crippen LogP contribution in [0.2, 0.25) is 0 Å². The Bertz CT molecular complexity index is 791. The summed E-state index contributed by atoms with van der Waals surface area (Å²) in [5.74, 6) is -0.339. The molecule has 2 heterocycles. The summed E-state index contributed by atoms with van der Waals surface area (Å²) in [4.78, 5) is 12.2. The first kappa shape index (κ1) is 18.8. The number of hydrogen-bond acceptors (Lipinski definition) is 3. The fourth-order valence-corrected chi connectivity index (χ4v) is 3.52. The van der Waals surface area contributed by atoms with E-state index in [1.807, 2.05) is 13.0 Å². The molecule has 1 aliphatic heterocycles. The number of fused-ring (bicyclic) bond motifs is 1. The van der Waals surface area contributed by atoms with Crippen molar-refractivity contribution in [1.29, 1.82) is 0 Å². The van der Waals surface area contributed by atoms with Gasteiger partial charge < -0.3 is 10.6 Å². The summed E-state index contributed by atoms with van der Waals surface area (Å²) in [6.45, 7) is 2.31. The molecule has 1 aliphatic rings. The second-order valence-corrected chi connectivity index (χ2v) is 6.91. The first-order chi connectivity index (χ1) is 12.3. The summed E-state index contributed by atoms with van der Waals surface area (Å²) in [5, 5.41) is 9.68. The summed E-state index contributed by atoms with van der Waals surface area (Å²) in [7, 11) is 0. The van der Waals surface area contributed by atoms with Crippen molar-refractivity contribution in [2.24, 2.45) is 0 Å². The van der Waals surface area contributed by atoms with Crippen LogP contribution in [0.4, 0.5) is 19.0 Å². The average molecular weight is 431 g/mol. The van der Waals surface area contributed by atoms with Gasteiger partial charge in [-0.15, -0.1) is 0 Å². The maximum absolute atomic E-state index is 13.6. The quantitative estimate of drug-likeness (QED) is 0.753. The molecule has 140 valence electrons. The van der Waals surface area contributed by atoms with Crippen molar-refractivity contribution in [3.63, 3.8) is 0 Å². The third-order valence-corrected chi connectivity index (χ3v) is 5.00. The normalized spacial score (nSPS) is 19.6. The Morgan fingerprint density at radius 3 is 2.69 bits per heavy atom. The van der Waals surface area contributed by atoms with Gasteiger partial charge in [0.1, 0.15) is 5.82 Å². The van der Waals surface area contributed by atoms with Gasteiger partial charge in [0.15, 0.2) is 11.7 Å². The number of rotatable bonds is 4. The lowest BCUT2D eigenvalue weighted by Gasteiger charge is -2.33. The first-order valence-corrected chi connectivity index (χ1v) is 9.06. The van der Waals surface area contributed by atoms with Crippen LogP contribution in [-0.4, -0.2) is 28.4 Å². The number of benzene rings is 1. The van der Waals surface area contributed by atoms with Gasteiger partial charge in [-0.1, -0.05) is 37.3 Å². The number of hydrogen-bond donors (Lipinski definition) is 2. The molecule has 0 saturated carbocycles. The van der Waals surface area contributed by atoms with Crippen LogP contribution in [-0.2, 0) is 0 Å². The Labute approximate surface area is 157 Å². The summed E-state index contributed by atoms with van der Waals surface area (Å²) in [5.41, 5.74) is 0.696. The van der Waals surface area contributed by atoms with Crippen molar-refractivity contribution in [2.75, 3.05) is 11.9 Å². The molecule has 0 saturated heterocycles. The molecular formula is C17H18BrF3N4O. The van der Waals surface area contributed by atoms with E-state index < -0.39 is 24.2 Å². The number of aromatic nitrogens is 2. The van der Waals surface area contributed by atoms with Crippen molar-refractivity contribution in [3.05, 3.63) is 46.1 Å². The third-order valence-electron chi connectivity index (χ3n) is 4.25. The highest BCUT2D eigenvalue weighted by molar-refractivity contribution is 9.10. The summed E-state index contributed by atoms with van der Waals surface area (Å²) in [6.07, 6.45) is -3.96. The molecule has 2 atom stereocenters. The molecule has 1 aromatic heterocycles. The number of alkyl halides is 3. The Morgan fingerprint density at radius 2 is 2.08 bits per heavy atom. The number of carbonyl (C=O) groups is 1. The molecule has 26 heavy (non-hydrogen) atoms. The van der Waals surface area contributed by atoms with Gasteiger partial charge in [-0.3, -0.25) is 4.79 Å². The van der Waals surface area contributed by atoms with Gasteiger partial charge in [-0.2, -0.15) is 18.3 Å². The summed E-state index contributed by atoms with van der Waals surface area (Å²) < 4.78 is 42.1. The molecule has 0 bridgehead atoms. The molecule has 5 nitrogen and oxygen atoms in total. The minimum Gasteiger partial charge on any atom is -0.362 e. The zero-order valence-electron chi connectivity index (χ0n) is 14.0. The van der Waals surface area contributed by atoms with Crippen LogP contribution in [0.15, 0.2) is 34.8 Å². The van der Waals surface area contributed by atoms with Crippen molar-refractivity contribution < 1.29 is 18.0 Å². The van der Waals surface area contributed by atoms with E-state index in [0.717, 1.165) is 16.7 Å². The number of halogens is 4. The second kappa shape index (κ2) is 7.30. The molecule has 0 radical (unpaired) electrons. The van der Waals surface area contributed by atoms with Crippen LogP contribution in [0.1, 0.15) is 47.9 Å². The van der Waals surface area contributed by atoms with E-state index in [1.165, 1.54) is 0 Å². The van der Waals surface area contributed by atoms with E-state index in [4.69, 9.17) is 0 Å². The fraction of sp³-hybridized carbons (Fsp3) is 0.412. The van der Waals surface area contributed by atoms with Gasteiger partial charge in [0.2, 0.25) is 0 Å². The van der Waals surface area contributed by atoms with E-state index in [9.17, 15) is 18.0 Å². The Balaban J connectivity index is 2.01. The Hall–Kier alpha value is -2.03. The van der Waals surface area contributed by atoms with Gasteiger partial charge >= 0.3 is 6.18 Å². The summed E-state index contributed by atoms with van der Waals surface area (Å²) >= 11 is 3.25. The fourth-order valence-electron chi connectivity index (χ4n) is 2.96. The van der Waals surface area contributed by atoms with Gasteiger partial charge in [0.05, 0.1) is 10.5 Å². The molecule has 3 rings (SSSR count). The second-order valence-electron chi connectivity index (χ2n) is 6.11. The topological polar surface area (TPSA) is 59.0 Å². The molecule has 2 unspecified atom stereocenters. The molecule has 1 aromatic carbocycles. The van der Waals surface area contributed by atoms with Crippen molar-refractivity contribution in [1.82, 2.24) is 15.1 Å². The highest BCUT2D eigenvalue weighted by Crippen LogP contribution is 2.46. The van der Waals surface area contributed by atoms with E-state index in [0.29, 0.717) is 6.54 Å². The van der Waals surface area contributed by atoms with Gasteiger partial charge in [-0.05, 0) is 27.9 Å². The molecule has 0 spiro atoms. The van der Waals surface area contributed by atoms with E-state index in [1.54, 1.807) is 24.3 Å². The highest BCUT2D eigenvalue weighted by Gasteiger charge is 2.47. The van der Waals surface area contributed by atoms with E-state index >= 15 is 0 Å². The molecule has 2 N–H and O–H groups in total. The standard InChI is InChI=1S/C17H18BrF3N4O/c1-2-8-22-16(26)14-13(18)15-23-11(10-6-4-3-5-7-10)9-12(17(19,20)21)25(15)24-14/h3-7,11-12,23H,2,8-9H2,1H3,(H,22,26). The zero-order chi connectivity index (χ0) is 18.9. The number of amides is 1. The van der Waals surface area contributed by atoms with Crippen molar-refractivity contribution in [3.8, 4) is 0 Å². The molecule has 0 aliphatic carbocycles. The maximum Gasteiger partial charge on any atom is 0.410 e. The molecule has 1 amide bonds. The van der Waals surface area contributed by atoms with Crippen LogP contribution in [0.5, 0.6) is 0 Å². The van der Waals surface area contributed by atoms with Crippen molar-refractivity contribution in [2.45, 2.75) is 38.0 Å². The lowest BCUT2D eigenvalue weighted by atomic mass is 9.97. The van der Waals surface area contributed by atoms with Crippen LogP contribution in [0.25, 0.3) is 0 Å². The zero-order valence-corrected chi connectivity index (χ0v) is 15.6. The summed E-state index contributed by atoms with van der Waals surface area (Å²) in [6, 6.07) is 6.58. The van der Waals surface area contributed by atoms with Gasteiger partial charge in [-0.25, -0.2) is 4.68 Å². The number of nitrogens with one attached hydrogen (secondary N) is 2. The van der Waals surface area contributed by atoms with Gasteiger partial charge in [0.25, 0.3) is 5.91 Å². The molecular weight excluding hydrogens is 413 g/mol. The van der Waals surface area contributed by atoms with E-state index in [2.05, 4.69) is 31.7 Å². The maximum atomic E-state index is 13.6. The predicted molar refractivity (Wildman–Crippen MR) is 95.1 cm³/mol. The van der Waals surface area contributed by atoms with Crippen molar-refractivity contribution >= 4 is 27.7 Å². The smallest absolute Gasteiger partial charge is 0.362 e. The average Bonchev–Trinajstić information content (AvgIpc) is 2.95. The highest BCUT2D eigenvalue weighted by atomic mass is 79.9. The Morgan fingerprint density at radius 1 is 1.38 bits per heavy atom. The largest absolute Gasteiger partial charge is 0.410 e. The monoisotopic (exact) mass is 430 g/mol. The molecule has 9 heteroatoms. The van der Waals surface area contributed by atoms with E-state index in [-0.39, 0.29) is 22.4 Å². The lowest BCUT2D eigenvalue weighted by molar-refractivity contribution is -0.173. The molecule has 2 aromatic rings. The minimum atomic E-state index is -4.48. The number of anilines is 1. The van der Waals surface area contributed by atoms with Crippen LogP contribution in [0, 0.1) is 0 Å². The SMILES string of the molecule is CCCNC(=O)c1nn2c(c1Br)NC(c1ccccc1)CC2C(F)(F)F. The first-order valence-electron chi connectivity index (χ1n) is 8.27. The van der Waals surface area contributed by atoms with Gasteiger partial charge in [0, 0.05) is 13.0 Å². The van der Waals surface area contributed by atoms with Crippen LogP contribution in [0.3, 0.4) is 0 Å². The Kier molecular flexibility index (Phi) is 5.27. The molecule has 0 fully saturated rings. The number of nitrogens with zero attached hydrogens (tertiary/aromatic N) is 2. The van der Waals surface area contributed by atoms with Crippen LogP contribution >= 0.6 is 15.9 Å². The number of carbonyl (C=O) groups excluding carboxylic acids is 1.